The predicted molar refractivity (Wildman–Crippen MR) is 88.9 cm³/mol. The molecule has 110 valence electrons. The van der Waals surface area contributed by atoms with Gasteiger partial charge in [0.25, 0.3) is 5.91 Å². The summed E-state index contributed by atoms with van der Waals surface area (Å²) in [5.41, 5.74) is 0.666. The zero-order valence-corrected chi connectivity index (χ0v) is 14.7. The highest BCUT2D eigenvalue weighted by atomic mass is 79.9. The van der Waals surface area contributed by atoms with Gasteiger partial charge in [-0.2, -0.15) is 0 Å². The van der Waals surface area contributed by atoms with Gasteiger partial charge >= 0.3 is 5.97 Å². The van der Waals surface area contributed by atoms with Crippen molar-refractivity contribution in [2.45, 2.75) is 5.92 Å². The number of nitrogens with one attached hydrogen (secondary N) is 1. The first-order chi connectivity index (χ1) is 9.99. The topological polar surface area (TPSA) is 66.4 Å². The van der Waals surface area contributed by atoms with E-state index in [4.69, 9.17) is 0 Å². The summed E-state index contributed by atoms with van der Waals surface area (Å²) in [4.78, 5) is 23.9. The van der Waals surface area contributed by atoms with Gasteiger partial charge in [0.05, 0.1) is 14.6 Å². The van der Waals surface area contributed by atoms with Crippen molar-refractivity contribution >= 4 is 55.1 Å². The van der Waals surface area contributed by atoms with E-state index in [0.29, 0.717) is 10.4 Å². The lowest BCUT2D eigenvalue weighted by molar-refractivity contribution is -0.138. The highest BCUT2D eigenvalue weighted by Crippen LogP contribution is 2.32. The molecule has 0 radical (unpaired) electrons. The second kappa shape index (κ2) is 7.20. The second-order valence-electron chi connectivity index (χ2n) is 4.24. The normalized spacial score (nSPS) is 11.9. The Labute approximate surface area is 142 Å². The fourth-order valence-electron chi connectivity index (χ4n) is 1.77. The smallest absolute Gasteiger partial charge is 0.312 e. The molecule has 1 atom stereocenters. The van der Waals surface area contributed by atoms with Crippen LogP contribution < -0.4 is 5.32 Å². The molecule has 0 aliphatic carbocycles. The Bertz CT molecular complexity index is 638. The predicted octanol–water partition coefficient (Wildman–Crippen LogP) is 3.87. The molecule has 7 heteroatoms. The molecule has 1 unspecified atom stereocenters. The van der Waals surface area contributed by atoms with E-state index in [-0.39, 0.29) is 12.5 Å². The third-order valence-corrected chi connectivity index (χ3v) is 6.09. The molecule has 0 aliphatic heterocycles. The summed E-state index contributed by atoms with van der Waals surface area (Å²) < 4.78 is 1.63. The lowest BCUT2D eigenvalue weighted by atomic mass is 9.99. The van der Waals surface area contributed by atoms with Crippen molar-refractivity contribution in [1.29, 1.82) is 0 Å². The Kier molecular flexibility index (Phi) is 5.55. The van der Waals surface area contributed by atoms with E-state index < -0.39 is 11.9 Å². The first-order valence-corrected chi connectivity index (χ1v) is 8.40. The molecule has 1 aromatic heterocycles. The number of carboxylic acids is 1. The molecule has 0 bridgehead atoms. The minimum Gasteiger partial charge on any atom is -0.481 e. The lowest BCUT2D eigenvalue weighted by Gasteiger charge is -2.13. The van der Waals surface area contributed by atoms with Crippen LogP contribution in [0.25, 0.3) is 0 Å². The van der Waals surface area contributed by atoms with Crippen molar-refractivity contribution < 1.29 is 14.7 Å². The van der Waals surface area contributed by atoms with Gasteiger partial charge in [0.2, 0.25) is 0 Å². The van der Waals surface area contributed by atoms with Crippen molar-refractivity contribution in [2.75, 3.05) is 6.54 Å². The summed E-state index contributed by atoms with van der Waals surface area (Å²) in [6.07, 6.45) is 0. The van der Waals surface area contributed by atoms with Crippen LogP contribution in [0.15, 0.2) is 44.7 Å². The lowest BCUT2D eigenvalue weighted by Crippen LogP contribution is -2.31. The highest BCUT2D eigenvalue weighted by molar-refractivity contribution is 9.13. The molecule has 2 N–H and O–H groups in total. The summed E-state index contributed by atoms with van der Waals surface area (Å²) >= 11 is 7.92. The number of amides is 1. The average molecular weight is 433 g/mol. The van der Waals surface area contributed by atoms with Gasteiger partial charge in [-0.25, -0.2) is 0 Å². The van der Waals surface area contributed by atoms with Crippen molar-refractivity contribution in [3.8, 4) is 0 Å². The van der Waals surface area contributed by atoms with Crippen LogP contribution >= 0.6 is 43.2 Å². The fraction of sp³-hybridized carbons (Fsp3) is 0.143. The zero-order chi connectivity index (χ0) is 15.4. The summed E-state index contributed by atoms with van der Waals surface area (Å²) in [7, 11) is 0. The number of carbonyl (C=O) groups is 2. The van der Waals surface area contributed by atoms with E-state index in [9.17, 15) is 14.7 Å². The van der Waals surface area contributed by atoms with Crippen molar-refractivity contribution in [3.63, 3.8) is 0 Å². The fourth-order valence-corrected chi connectivity index (χ4v) is 3.73. The largest absolute Gasteiger partial charge is 0.481 e. The molecule has 21 heavy (non-hydrogen) atoms. The number of halogens is 2. The summed E-state index contributed by atoms with van der Waals surface area (Å²) in [5, 5.41) is 12.0. The molecule has 2 aromatic rings. The number of carbonyl (C=O) groups excluding carboxylic acids is 1. The van der Waals surface area contributed by atoms with Gasteiger partial charge in [0.1, 0.15) is 0 Å². The van der Waals surface area contributed by atoms with Gasteiger partial charge in [-0.1, -0.05) is 30.3 Å². The molecule has 0 fully saturated rings. The Morgan fingerprint density at radius 2 is 1.90 bits per heavy atom. The molecule has 0 aliphatic rings. The summed E-state index contributed by atoms with van der Waals surface area (Å²) in [6, 6.07) is 10.6. The van der Waals surface area contributed by atoms with Crippen LogP contribution in [0.2, 0.25) is 0 Å². The van der Waals surface area contributed by atoms with Crippen LogP contribution in [0.5, 0.6) is 0 Å². The zero-order valence-electron chi connectivity index (χ0n) is 10.7. The van der Waals surface area contributed by atoms with Gasteiger partial charge in [0.15, 0.2) is 0 Å². The third kappa shape index (κ3) is 4.15. The van der Waals surface area contributed by atoms with Gasteiger partial charge in [-0.3, -0.25) is 9.59 Å². The Morgan fingerprint density at radius 3 is 2.43 bits per heavy atom. The van der Waals surface area contributed by atoms with Crippen LogP contribution in [-0.2, 0) is 4.79 Å². The monoisotopic (exact) mass is 431 g/mol. The first kappa shape index (κ1) is 16.2. The van der Waals surface area contributed by atoms with Crippen molar-refractivity contribution in [2.24, 2.45) is 0 Å². The number of carboxylic acid groups (broad SMARTS) is 1. The number of aliphatic carboxylic acids is 1. The molecule has 1 aromatic carbocycles. The van der Waals surface area contributed by atoms with Gasteiger partial charge in [-0.15, -0.1) is 11.3 Å². The average Bonchev–Trinajstić information content (AvgIpc) is 2.79. The van der Waals surface area contributed by atoms with E-state index in [1.165, 1.54) is 11.3 Å². The maximum atomic E-state index is 12.0. The number of rotatable bonds is 5. The highest BCUT2D eigenvalue weighted by Gasteiger charge is 2.21. The Hall–Kier alpha value is -1.18. The van der Waals surface area contributed by atoms with E-state index in [2.05, 4.69) is 37.2 Å². The maximum Gasteiger partial charge on any atom is 0.312 e. The quantitative estimate of drug-likeness (QED) is 0.753. The molecule has 0 saturated carbocycles. The van der Waals surface area contributed by atoms with Crippen molar-refractivity contribution in [3.05, 3.63) is 55.1 Å². The van der Waals surface area contributed by atoms with Gasteiger partial charge < -0.3 is 10.4 Å². The molecular weight excluding hydrogens is 422 g/mol. The molecule has 0 saturated heterocycles. The number of benzene rings is 1. The third-order valence-electron chi connectivity index (χ3n) is 2.84. The van der Waals surface area contributed by atoms with Crippen molar-refractivity contribution in [1.82, 2.24) is 5.32 Å². The molecule has 4 nitrogen and oxygen atoms in total. The molecule has 0 spiro atoms. The summed E-state index contributed by atoms with van der Waals surface area (Å²) in [5.74, 6) is -2.01. The minimum atomic E-state index is -0.963. The van der Waals surface area contributed by atoms with Crippen LogP contribution in [-0.4, -0.2) is 23.5 Å². The number of thiophene rings is 1. The second-order valence-corrected chi connectivity index (χ2v) is 7.47. The SMILES string of the molecule is O=C(NCC(C(=O)O)c1ccccc1)c1cc(Br)c(Br)s1. The van der Waals surface area contributed by atoms with Crippen LogP contribution in [0.1, 0.15) is 21.2 Å². The maximum absolute atomic E-state index is 12.0. The number of hydrogen-bond donors (Lipinski definition) is 2. The van der Waals surface area contributed by atoms with Gasteiger partial charge in [0, 0.05) is 11.0 Å². The van der Waals surface area contributed by atoms with Crippen LogP contribution in [0.4, 0.5) is 0 Å². The Morgan fingerprint density at radius 1 is 1.24 bits per heavy atom. The van der Waals surface area contributed by atoms with E-state index in [1.807, 2.05) is 6.07 Å². The molecule has 1 heterocycles. The first-order valence-electron chi connectivity index (χ1n) is 6.00. The minimum absolute atomic E-state index is 0.0469. The molecule has 1 amide bonds. The van der Waals surface area contributed by atoms with Crippen LogP contribution in [0, 0.1) is 0 Å². The van der Waals surface area contributed by atoms with E-state index in [1.54, 1.807) is 30.3 Å². The Balaban J connectivity index is 2.06. The number of hydrogen-bond acceptors (Lipinski definition) is 3. The standard InChI is InChI=1S/C14H11Br2NO3S/c15-10-6-11(21-12(10)16)13(18)17-7-9(14(19)20)8-4-2-1-3-5-8/h1-6,9H,7H2,(H,17,18)(H,19,20). The molecule has 2 rings (SSSR count). The van der Waals surface area contributed by atoms with Crippen LogP contribution in [0.3, 0.4) is 0 Å². The van der Waals surface area contributed by atoms with E-state index in [0.717, 1.165) is 8.26 Å². The summed E-state index contributed by atoms with van der Waals surface area (Å²) in [6.45, 7) is 0.0469. The van der Waals surface area contributed by atoms with Gasteiger partial charge in [-0.05, 0) is 43.5 Å². The van der Waals surface area contributed by atoms with E-state index >= 15 is 0 Å². The molecular formula is C14H11Br2NO3S.